The summed E-state index contributed by atoms with van der Waals surface area (Å²) in [7, 11) is 0. The molecule has 160 valence electrons. The van der Waals surface area contributed by atoms with Crippen LogP contribution in [0.25, 0.3) is 0 Å². The molecule has 0 fully saturated rings. The van der Waals surface area contributed by atoms with E-state index in [0.717, 1.165) is 4.90 Å². The normalized spacial score (nSPS) is 13.6. The molecule has 3 aromatic carbocycles. The third-order valence-corrected chi connectivity index (χ3v) is 5.13. The van der Waals surface area contributed by atoms with Crippen molar-refractivity contribution in [2.24, 2.45) is 0 Å². The maximum Gasteiger partial charge on any atom is 0.269 e. The third kappa shape index (κ3) is 3.95. The molecule has 3 amide bonds. The van der Waals surface area contributed by atoms with Crippen molar-refractivity contribution >= 4 is 29.1 Å². The Labute approximate surface area is 181 Å². The van der Waals surface area contributed by atoms with Crippen LogP contribution in [0.4, 0.5) is 15.8 Å². The summed E-state index contributed by atoms with van der Waals surface area (Å²) in [6, 6.07) is 15.6. The molecule has 1 aliphatic rings. The molecule has 0 saturated heterocycles. The number of fused-ring (bicyclic) bond motifs is 1. The molecule has 0 bridgehead atoms. The number of benzene rings is 3. The Bertz CT molecular complexity index is 1190. The lowest BCUT2D eigenvalue weighted by Gasteiger charge is -2.25. The number of halogens is 1. The minimum atomic E-state index is -1.23. The zero-order valence-corrected chi connectivity index (χ0v) is 16.5. The Hall–Kier alpha value is -4.40. The number of imide groups is 1. The molecule has 4 rings (SSSR count). The number of nitro benzene ring substituents is 1. The Balaban J connectivity index is 1.67. The highest BCUT2D eigenvalue weighted by Gasteiger charge is 2.42. The van der Waals surface area contributed by atoms with Crippen molar-refractivity contribution in [3.8, 4) is 0 Å². The maximum absolute atomic E-state index is 13.2. The second-order valence-corrected chi connectivity index (χ2v) is 7.17. The summed E-state index contributed by atoms with van der Waals surface area (Å²) in [5.41, 5.74) is 1.08. The van der Waals surface area contributed by atoms with Crippen LogP contribution in [0, 0.1) is 15.9 Å². The van der Waals surface area contributed by atoms with Crippen molar-refractivity contribution in [3.63, 3.8) is 0 Å². The van der Waals surface area contributed by atoms with Crippen molar-refractivity contribution in [1.29, 1.82) is 0 Å². The van der Waals surface area contributed by atoms with Gasteiger partial charge in [0.25, 0.3) is 17.5 Å². The van der Waals surface area contributed by atoms with Gasteiger partial charge in [0, 0.05) is 24.2 Å². The molecular formula is C23H16FN3O5. The van der Waals surface area contributed by atoms with Gasteiger partial charge in [0.05, 0.1) is 16.1 Å². The molecule has 0 aromatic heterocycles. The number of rotatable bonds is 6. The van der Waals surface area contributed by atoms with Gasteiger partial charge in [0.1, 0.15) is 11.9 Å². The average Bonchev–Trinajstić information content (AvgIpc) is 3.04. The van der Waals surface area contributed by atoms with Gasteiger partial charge in [0.2, 0.25) is 5.91 Å². The number of non-ortho nitro benzene ring substituents is 1. The molecule has 1 atom stereocenters. The first-order valence-electron chi connectivity index (χ1n) is 9.62. The number of hydrogen-bond donors (Lipinski definition) is 1. The Morgan fingerprint density at radius 3 is 2.03 bits per heavy atom. The fourth-order valence-corrected chi connectivity index (χ4v) is 3.53. The van der Waals surface area contributed by atoms with E-state index in [-0.39, 0.29) is 23.2 Å². The molecule has 1 N–H and O–H groups in total. The molecular weight excluding hydrogens is 417 g/mol. The van der Waals surface area contributed by atoms with Crippen molar-refractivity contribution in [1.82, 2.24) is 4.90 Å². The van der Waals surface area contributed by atoms with E-state index in [2.05, 4.69) is 5.32 Å². The smallest absolute Gasteiger partial charge is 0.269 e. The molecule has 0 unspecified atom stereocenters. The van der Waals surface area contributed by atoms with Gasteiger partial charge in [-0.05, 0) is 42.0 Å². The molecule has 8 nitrogen and oxygen atoms in total. The predicted octanol–water partition coefficient (Wildman–Crippen LogP) is 3.58. The van der Waals surface area contributed by atoms with Gasteiger partial charge in [-0.1, -0.05) is 24.3 Å². The van der Waals surface area contributed by atoms with Gasteiger partial charge in [-0.15, -0.1) is 0 Å². The topological polar surface area (TPSA) is 110 Å². The molecule has 0 radical (unpaired) electrons. The van der Waals surface area contributed by atoms with Crippen LogP contribution >= 0.6 is 0 Å². The number of anilines is 1. The highest BCUT2D eigenvalue weighted by atomic mass is 19.1. The molecule has 0 spiro atoms. The zero-order valence-electron chi connectivity index (χ0n) is 16.5. The first-order chi connectivity index (χ1) is 15.3. The van der Waals surface area contributed by atoms with E-state index in [1.165, 1.54) is 60.7 Å². The van der Waals surface area contributed by atoms with Crippen LogP contribution in [0.2, 0.25) is 0 Å². The number of nitrogens with zero attached hydrogens (tertiary/aromatic N) is 2. The third-order valence-electron chi connectivity index (χ3n) is 5.13. The van der Waals surface area contributed by atoms with E-state index in [1.54, 1.807) is 12.1 Å². The number of nitrogens with one attached hydrogen (secondary N) is 1. The Morgan fingerprint density at radius 1 is 0.938 bits per heavy atom. The van der Waals surface area contributed by atoms with Crippen molar-refractivity contribution in [2.75, 3.05) is 5.32 Å². The van der Waals surface area contributed by atoms with E-state index in [1.807, 2.05) is 0 Å². The summed E-state index contributed by atoms with van der Waals surface area (Å²) in [5.74, 6) is -2.34. The highest BCUT2D eigenvalue weighted by Crippen LogP contribution is 2.27. The Morgan fingerprint density at radius 2 is 1.50 bits per heavy atom. The fraction of sp³-hybridized carbons (Fsp3) is 0.0870. The summed E-state index contributed by atoms with van der Waals surface area (Å²) < 4.78 is 13.2. The minimum absolute atomic E-state index is 0.0590. The molecule has 32 heavy (non-hydrogen) atoms. The lowest BCUT2D eigenvalue weighted by Crippen LogP contribution is -2.48. The van der Waals surface area contributed by atoms with Crippen molar-refractivity contribution in [2.45, 2.75) is 12.5 Å². The summed E-state index contributed by atoms with van der Waals surface area (Å²) in [6.07, 6.45) is -0.0590. The van der Waals surface area contributed by atoms with Crippen LogP contribution in [-0.2, 0) is 11.2 Å². The number of carbonyl (C=O) groups is 3. The van der Waals surface area contributed by atoms with Crippen LogP contribution in [0.15, 0.2) is 72.8 Å². The maximum atomic E-state index is 13.2. The number of hydrogen-bond acceptors (Lipinski definition) is 5. The standard InChI is InChI=1S/C23H16FN3O5/c24-15-7-9-16(10-8-15)25-21(28)20(13-14-5-11-17(12-6-14)27(31)32)26-22(29)18-3-1-2-4-19(18)23(26)30/h1-12,20H,13H2,(H,25,28)/t20-/m1/s1. The van der Waals surface area contributed by atoms with E-state index >= 15 is 0 Å². The van der Waals surface area contributed by atoms with Gasteiger partial charge in [-0.25, -0.2) is 4.39 Å². The van der Waals surface area contributed by atoms with Crippen LogP contribution in [0.5, 0.6) is 0 Å². The number of amides is 3. The highest BCUT2D eigenvalue weighted by molar-refractivity contribution is 6.23. The second-order valence-electron chi connectivity index (χ2n) is 7.17. The van der Waals surface area contributed by atoms with Gasteiger partial charge in [-0.2, -0.15) is 0 Å². The Kier molecular flexibility index (Phi) is 5.46. The quantitative estimate of drug-likeness (QED) is 0.363. The van der Waals surface area contributed by atoms with Crippen molar-refractivity contribution in [3.05, 3.63) is 105 Å². The van der Waals surface area contributed by atoms with Crippen LogP contribution in [0.1, 0.15) is 26.3 Å². The molecule has 0 saturated carbocycles. The first-order valence-corrected chi connectivity index (χ1v) is 9.62. The van der Waals surface area contributed by atoms with Crippen LogP contribution in [-0.4, -0.2) is 33.6 Å². The summed E-state index contributed by atoms with van der Waals surface area (Å²) in [6.45, 7) is 0. The molecule has 1 aliphatic heterocycles. The van der Waals surface area contributed by atoms with Crippen molar-refractivity contribution < 1.29 is 23.7 Å². The second kappa shape index (κ2) is 8.38. The molecule has 1 heterocycles. The SMILES string of the molecule is O=C(Nc1ccc(F)cc1)[C@@H](Cc1ccc([N+](=O)[O-])cc1)N1C(=O)c2ccccc2C1=O. The van der Waals surface area contributed by atoms with Gasteiger partial charge < -0.3 is 5.32 Å². The lowest BCUT2D eigenvalue weighted by molar-refractivity contribution is -0.384. The monoisotopic (exact) mass is 433 g/mol. The summed E-state index contributed by atoms with van der Waals surface area (Å²) in [4.78, 5) is 50.3. The predicted molar refractivity (Wildman–Crippen MR) is 113 cm³/mol. The van der Waals surface area contributed by atoms with E-state index < -0.39 is 34.5 Å². The van der Waals surface area contributed by atoms with Gasteiger partial charge in [0.15, 0.2) is 0 Å². The van der Waals surface area contributed by atoms with Crippen LogP contribution in [0.3, 0.4) is 0 Å². The number of carbonyl (C=O) groups excluding carboxylic acids is 3. The molecule has 0 aliphatic carbocycles. The van der Waals surface area contributed by atoms with E-state index in [0.29, 0.717) is 11.3 Å². The van der Waals surface area contributed by atoms with E-state index in [9.17, 15) is 28.9 Å². The molecule has 9 heteroatoms. The number of nitro groups is 1. The lowest BCUT2D eigenvalue weighted by atomic mass is 10.0. The largest absolute Gasteiger partial charge is 0.324 e. The van der Waals surface area contributed by atoms with Crippen LogP contribution < -0.4 is 5.32 Å². The average molecular weight is 433 g/mol. The fourth-order valence-electron chi connectivity index (χ4n) is 3.53. The van der Waals surface area contributed by atoms with Gasteiger partial charge in [-0.3, -0.25) is 29.4 Å². The minimum Gasteiger partial charge on any atom is -0.324 e. The van der Waals surface area contributed by atoms with E-state index in [4.69, 9.17) is 0 Å². The molecule has 3 aromatic rings. The summed E-state index contributed by atoms with van der Waals surface area (Å²) >= 11 is 0. The van der Waals surface area contributed by atoms with Gasteiger partial charge >= 0.3 is 0 Å². The first kappa shape index (κ1) is 20.9. The zero-order chi connectivity index (χ0) is 22.8. The summed E-state index contributed by atoms with van der Waals surface area (Å²) in [5, 5.41) is 13.5.